The van der Waals surface area contributed by atoms with Crippen molar-refractivity contribution >= 4 is 45.8 Å². The van der Waals surface area contributed by atoms with Crippen LogP contribution in [0.4, 0.5) is 0 Å². The molecule has 0 saturated carbocycles. The first-order valence-electron chi connectivity index (χ1n) is 6.21. The molecule has 0 unspecified atom stereocenters. The van der Waals surface area contributed by atoms with Gasteiger partial charge in [-0.3, -0.25) is 4.57 Å². The van der Waals surface area contributed by atoms with Gasteiger partial charge in [-0.05, 0) is 42.6 Å². The Kier molecular flexibility index (Phi) is 3.98. The molecule has 0 radical (unpaired) electrons. The van der Waals surface area contributed by atoms with E-state index in [1.54, 1.807) is 29.0 Å². The number of furan rings is 1. The van der Waals surface area contributed by atoms with Gasteiger partial charge in [0, 0.05) is 6.08 Å². The van der Waals surface area contributed by atoms with E-state index in [9.17, 15) is 4.79 Å². The Bertz CT molecular complexity index is 843. The molecule has 2 heterocycles. The third-order valence-corrected chi connectivity index (χ3v) is 4.27. The summed E-state index contributed by atoms with van der Waals surface area (Å²) in [5.74, 6) is 0.160. The average Bonchev–Trinajstić information content (AvgIpc) is 3.10. The van der Waals surface area contributed by atoms with Gasteiger partial charge in [0.1, 0.15) is 5.76 Å². The predicted octanol–water partition coefficient (Wildman–Crippen LogP) is 4.24. The number of aromatic nitrogens is 1. The van der Waals surface area contributed by atoms with E-state index in [0.717, 1.165) is 10.2 Å². The molecule has 0 aliphatic heterocycles. The Morgan fingerprint density at radius 2 is 2.19 bits per heavy atom. The van der Waals surface area contributed by atoms with Crippen molar-refractivity contribution in [2.24, 2.45) is 0 Å². The lowest BCUT2D eigenvalue weighted by Crippen LogP contribution is -2.06. The lowest BCUT2D eigenvalue weighted by Gasteiger charge is -2.04. The Morgan fingerprint density at radius 1 is 1.33 bits per heavy atom. The molecule has 0 atom stereocenters. The smallest absolute Gasteiger partial charge is 0.332 e. The van der Waals surface area contributed by atoms with Gasteiger partial charge in [0.2, 0.25) is 0 Å². The van der Waals surface area contributed by atoms with Crippen molar-refractivity contribution in [3.8, 4) is 0 Å². The first kappa shape index (κ1) is 13.8. The molecular formula is C15H11NO3S2. The number of carbonyl (C=O) groups excluding carboxylic acids is 1. The van der Waals surface area contributed by atoms with Crippen molar-refractivity contribution in [3.05, 3.63) is 58.5 Å². The van der Waals surface area contributed by atoms with Gasteiger partial charge in [0.25, 0.3) is 0 Å². The van der Waals surface area contributed by atoms with Crippen LogP contribution >= 0.6 is 23.6 Å². The zero-order valence-electron chi connectivity index (χ0n) is 10.9. The van der Waals surface area contributed by atoms with Crippen LogP contribution in [0.25, 0.3) is 16.3 Å². The van der Waals surface area contributed by atoms with Crippen LogP contribution in [0.3, 0.4) is 0 Å². The minimum absolute atomic E-state index is 0.101. The van der Waals surface area contributed by atoms with Gasteiger partial charge in [-0.25, -0.2) is 4.79 Å². The van der Waals surface area contributed by atoms with E-state index >= 15 is 0 Å². The molecule has 0 saturated heterocycles. The number of esters is 1. The number of rotatable bonds is 4. The number of nitrogens with zero attached hydrogens (tertiary/aromatic N) is 1. The fourth-order valence-corrected chi connectivity index (χ4v) is 3.15. The molecule has 0 amide bonds. The summed E-state index contributed by atoms with van der Waals surface area (Å²) in [4.78, 5) is 11.7. The molecule has 0 spiro atoms. The highest BCUT2D eigenvalue weighted by atomic mass is 32.1. The SMILES string of the molecule is O=C(/C=C/c1ccco1)OCn1c(=S)sc2ccccc21. The van der Waals surface area contributed by atoms with Gasteiger partial charge in [0.15, 0.2) is 10.7 Å². The second-order valence-electron chi connectivity index (χ2n) is 4.20. The molecule has 106 valence electrons. The summed E-state index contributed by atoms with van der Waals surface area (Å²) in [6.07, 6.45) is 4.44. The Morgan fingerprint density at radius 3 is 3.00 bits per heavy atom. The number of hydrogen-bond donors (Lipinski definition) is 0. The van der Waals surface area contributed by atoms with Crippen molar-refractivity contribution in [1.29, 1.82) is 0 Å². The van der Waals surface area contributed by atoms with Crippen LogP contribution in [0.5, 0.6) is 0 Å². The van der Waals surface area contributed by atoms with E-state index in [4.69, 9.17) is 21.4 Å². The van der Waals surface area contributed by atoms with Gasteiger partial charge >= 0.3 is 5.97 Å². The molecule has 0 fully saturated rings. The lowest BCUT2D eigenvalue weighted by molar-refractivity contribution is -0.141. The molecule has 0 N–H and O–H groups in total. The average molecular weight is 317 g/mol. The maximum atomic E-state index is 11.7. The fourth-order valence-electron chi connectivity index (χ4n) is 1.85. The number of thiazole rings is 1. The molecule has 2 aromatic heterocycles. The summed E-state index contributed by atoms with van der Waals surface area (Å²) in [5, 5.41) is 0. The van der Waals surface area contributed by atoms with E-state index in [0.29, 0.717) is 9.71 Å². The molecule has 6 heteroatoms. The van der Waals surface area contributed by atoms with Gasteiger partial charge in [-0.1, -0.05) is 12.1 Å². The number of fused-ring (bicyclic) bond motifs is 1. The van der Waals surface area contributed by atoms with Crippen LogP contribution in [0.1, 0.15) is 5.76 Å². The predicted molar refractivity (Wildman–Crippen MR) is 84.5 cm³/mol. The van der Waals surface area contributed by atoms with Crippen LogP contribution in [0, 0.1) is 3.95 Å². The van der Waals surface area contributed by atoms with Crippen LogP contribution in [-0.2, 0) is 16.3 Å². The molecule has 0 aliphatic rings. The van der Waals surface area contributed by atoms with Gasteiger partial charge in [0.05, 0.1) is 16.5 Å². The van der Waals surface area contributed by atoms with Crippen LogP contribution < -0.4 is 0 Å². The number of benzene rings is 1. The molecule has 3 aromatic rings. The highest BCUT2D eigenvalue weighted by Gasteiger charge is 2.06. The summed E-state index contributed by atoms with van der Waals surface area (Å²) in [5.41, 5.74) is 0.968. The number of hydrogen-bond acceptors (Lipinski definition) is 5. The molecule has 0 bridgehead atoms. The van der Waals surface area contributed by atoms with E-state index in [1.807, 2.05) is 24.3 Å². The first-order chi connectivity index (χ1) is 10.2. The van der Waals surface area contributed by atoms with Crippen LogP contribution in [0.15, 0.2) is 53.2 Å². The standard InChI is InChI=1S/C15H11NO3S2/c17-14(8-7-11-4-3-9-18-11)19-10-16-12-5-1-2-6-13(12)21-15(16)20/h1-9H,10H2/b8-7+. The maximum absolute atomic E-state index is 11.7. The van der Waals surface area contributed by atoms with Crippen molar-refractivity contribution in [1.82, 2.24) is 4.57 Å². The maximum Gasteiger partial charge on any atom is 0.332 e. The van der Waals surface area contributed by atoms with E-state index in [-0.39, 0.29) is 6.73 Å². The van der Waals surface area contributed by atoms with Gasteiger partial charge < -0.3 is 9.15 Å². The van der Waals surface area contributed by atoms with Gasteiger partial charge in [-0.2, -0.15) is 0 Å². The molecule has 1 aromatic carbocycles. The van der Waals surface area contributed by atoms with E-state index in [2.05, 4.69) is 0 Å². The second kappa shape index (κ2) is 6.07. The number of ether oxygens (including phenoxy) is 1. The highest BCUT2D eigenvalue weighted by molar-refractivity contribution is 7.73. The third-order valence-electron chi connectivity index (χ3n) is 2.84. The van der Waals surface area contributed by atoms with Crippen LogP contribution in [-0.4, -0.2) is 10.5 Å². The zero-order chi connectivity index (χ0) is 14.7. The molecule has 3 rings (SSSR count). The normalized spacial score (nSPS) is 11.2. The Labute approximate surface area is 129 Å². The minimum Gasteiger partial charge on any atom is -0.465 e. The Hall–Kier alpha value is -2.18. The fraction of sp³-hybridized carbons (Fsp3) is 0.0667. The van der Waals surface area contributed by atoms with Crippen LogP contribution in [0.2, 0.25) is 0 Å². The van der Waals surface area contributed by atoms with Crippen molar-refractivity contribution in [3.63, 3.8) is 0 Å². The van der Waals surface area contributed by atoms with E-state index < -0.39 is 5.97 Å². The monoisotopic (exact) mass is 317 g/mol. The van der Waals surface area contributed by atoms with Crippen molar-refractivity contribution in [2.45, 2.75) is 6.73 Å². The molecular weight excluding hydrogens is 306 g/mol. The third kappa shape index (κ3) is 3.12. The van der Waals surface area contributed by atoms with Gasteiger partial charge in [-0.15, -0.1) is 11.3 Å². The molecule has 21 heavy (non-hydrogen) atoms. The Balaban J connectivity index is 1.70. The van der Waals surface area contributed by atoms with E-state index in [1.165, 1.54) is 17.4 Å². The topological polar surface area (TPSA) is 44.4 Å². The first-order valence-corrected chi connectivity index (χ1v) is 7.43. The number of para-hydroxylation sites is 1. The summed E-state index contributed by atoms with van der Waals surface area (Å²) in [7, 11) is 0. The quantitative estimate of drug-likeness (QED) is 0.410. The molecule has 0 aliphatic carbocycles. The number of carbonyl (C=O) groups is 1. The second-order valence-corrected chi connectivity index (χ2v) is 5.88. The summed E-state index contributed by atoms with van der Waals surface area (Å²) < 4.78 is 13.9. The summed E-state index contributed by atoms with van der Waals surface area (Å²) in [6.45, 7) is 0.101. The lowest BCUT2D eigenvalue weighted by atomic mass is 10.3. The zero-order valence-corrected chi connectivity index (χ0v) is 12.5. The largest absolute Gasteiger partial charge is 0.465 e. The minimum atomic E-state index is -0.441. The van der Waals surface area contributed by atoms with Crippen molar-refractivity contribution in [2.75, 3.05) is 0 Å². The highest BCUT2D eigenvalue weighted by Crippen LogP contribution is 2.22. The van der Waals surface area contributed by atoms with Crippen molar-refractivity contribution < 1.29 is 13.9 Å². The molecule has 4 nitrogen and oxygen atoms in total. The summed E-state index contributed by atoms with van der Waals surface area (Å²) >= 11 is 6.79. The summed E-state index contributed by atoms with van der Waals surface area (Å²) in [6, 6.07) is 11.3.